The molecule has 2 aromatic carbocycles. The van der Waals surface area contributed by atoms with Crippen molar-refractivity contribution in [2.75, 3.05) is 6.54 Å². The summed E-state index contributed by atoms with van der Waals surface area (Å²) in [6.07, 6.45) is 2.02. The minimum absolute atomic E-state index is 0.0724. The van der Waals surface area contributed by atoms with Crippen molar-refractivity contribution in [1.29, 1.82) is 5.26 Å². The largest absolute Gasteiger partial charge is 0.337 e. The highest BCUT2D eigenvalue weighted by Gasteiger charge is 2.42. The van der Waals surface area contributed by atoms with Gasteiger partial charge in [0.15, 0.2) is 0 Å². The van der Waals surface area contributed by atoms with Crippen LogP contribution in [-0.4, -0.2) is 18.0 Å². The molecule has 26 heavy (non-hydrogen) atoms. The van der Waals surface area contributed by atoms with E-state index in [9.17, 15) is 10.1 Å². The van der Waals surface area contributed by atoms with Crippen molar-refractivity contribution in [2.24, 2.45) is 5.92 Å². The molecule has 1 aliphatic rings. The molecule has 2 aromatic rings. The van der Waals surface area contributed by atoms with Gasteiger partial charge in [0, 0.05) is 0 Å². The first-order valence-electron chi connectivity index (χ1n) is 9.09. The van der Waals surface area contributed by atoms with Gasteiger partial charge in [0.2, 0.25) is 5.91 Å². The third-order valence-electron chi connectivity index (χ3n) is 5.04. The number of carbonyl (C=O) groups excluding carboxylic acids is 1. The van der Waals surface area contributed by atoms with Gasteiger partial charge < -0.3 is 5.32 Å². The molecule has 3 rings (SSSR count). The van der Waals surface area contributed by atoms with Gasteiger partial charge in [-0.2, -0.15) is 5.26 Å². The number of carbonyl (C=O) groups is 1. The average Bonchev–Trinajstić information content (AvgIpc) is 3.50. The number of nitriles is 1. The molecule has 0 radical (unpaired) electrons. The van der Waals surface area contributed by atoms with Crippen LogP contribution in [0, 0.1) is 24.2 Å². The molecule has 1 amide bonds. The SMILES string of the molecule is Cc1ccc([C@@H](NCC(=O)N[C@](C)(C#N)C2CC2)c2ccccc2)cc1. The van der Waals surface area contributed by atoms with Gasteiger partial charge in [-0.3, -0.25) is 10.1 Å². The van der Waals surface area contributed by atoms with Gasteiger partial charge >= 0.3 is 0 Å². The second-order valence-corrected chi connectivity index (χ2v) is 7.27. The molecule has 134 valence electrons. The summed E-state index contributed by atoms with van der Waals surface area (Å²) in [5.74, 6) is 0.132. The molecule has 1 aliphatic carbocycles. The summed E-state index contributed by atoms with van der Waals surface area (Å²) < 4.78 is 0. The van der Waals surface area contributed by atoms with Crippen molar-refractivity contribution >= 4 is 5.91 Å². The molecule has 2 N–H and O–H groups in total. The fourth-order valence-electron chi connectivity index (χ4n) is 3.24. The highest BCUT2D eigenvalue weighted by atomic mass is 16.2. The normalized spacial score (nSPS) is 17.0. The molecule has 2 atom stereocenters. The quantitative estimate of drug-likeness (QED) is 0.806. The predicted octanol–water partition coefficient (Wildman–Crippen LogP) is 3.48. The van der Waals surface area contributed by atoms with Gasteiger partial charge in [-0.25, -0.2) is 0 Å². The lowest BCUT2D eigenvalue weighted by Crippen LogP contribution is -2.49. The third-order valence-corrected chi connectivity index (χ3v) is 5.04. The van der Waals surface area contributed by atoms with Gasteiger partial charge in [-0.1, -0.05) is 60.2 Å². The van der Waals surface area contributed by atoms with E-state index in [1.807, 2.05) is 25.1 Å². The van der Waals surface area contributed by atoms with Gasteiger partial charge in [0.05, 0.1) is 18.7 Å². The molecule has 0 saturated heterocycles. The number of benzene rings is 2. The summed E-state index contributed by atoms with van der Waals surface area (Å²) in [7, 11) is 0. The first-order valence-corrected chi connectivity index (χ1v) is 9.09. The Bertz CT molecular complexity index is 790. The summed E-state index contributed by atoms with van der Waals surface area (Å²) in [6, 6.07) is 20.6. The van der Waals surface area contributed by atoms with E-state index in [0.29, 0.717) is 0 Å². The van der Waals surface area contributed by atoms with Crippen LogP contribution < -0.4 is 10.6 Å². The van der Waals surface area contributed by atoms with E-state index in [0.717, 1.165) is 24.0 Å². The Morgan fingerprint density at radius 2 is 1.77 bits per heavy atom. The molecule has 1 fully saturated rings. The van der Waals surface area contributed by atoms with Crippen LogP contribution >= 0.6 is 0 Å². The van der Waals surface area contributed by atoms with Crippen LogP contribution in [0.2, 0.25) is 0 Å². The Hall–Kier alpha value is -2.64. The Balaban J connectivity index is 1.71. The average molecular weight is 347 g/mol. The minimum atomic E-state index is -0.759. The van der Waals surface area contributed by atoms with Crippen LogP contribution in [-0.2, 0) is 4.79 Å². The molecule has 0 aliphatic heterocycles. The number of aryl methyl sites for hydroxylation is 1. The summed E-state index contributed by atoms with van der Waals surface area (Å²) in [5, 5.41) is 15.7. The van der Waals surface area contributed by atoms with Crippen LogP contribution in [0.25, 0.3) is 0 Å². The van der Waals surface area contributed by atoms with Crippen LogP contribution in [0.1, 0.15) is 42.5 Å². The maximum absolute atomic E-state index is 12.4. The zero-order chi connectivity index (χ0) is 18.6. The van der Waals surface area contributed by atoms with Crippen molar-refractivity contribution in [3.8, 4) is 6.07 Å². The summed E-state index contributed by atoms with van der Waals surface area (Å²) in [4.78, 5) is 12.4. The smallest absolute Gasteiger partial charge is 0.235 e. The van der Waals surface area contributed by atoms with E-state index >= 15 is 0 Å². The maximum atomic E-state index is 12.4. The summed E-state index contributed by atoms with van der Waals surface area (Å²) >= 11 is 0. The predicted molar refractivity (Wildman–Crippen MR) is 102 cm³/mol. The van der Waals surface area contributed by atoms with E-state index in [4.69, 9.17) is 0 Å². The second kappa shape index (κ2) is 7.72. The zero-order valence-electron chi connectivity index (χ0n) is 15.3. The van der Waals surface area contributed by atoms with Crippen LogP contribution in [0.5, 0.6) is 0 Å². The van der Waals surface area contributed by atoms with Crippen LogP contribution in [0.15, 0.2) is 54.6 Å². The summed E-state index contributed by atoms with van der Waals surface area (Å²) in [6.45, 7) is 4.04. The van der Waals surface area contributed by atoms with Crippen molar-refractivity contribution in [3.05, 3.63) is 71.3 Å². The Morgan fingerprint density at radius 1 is 1.15 bits per heavy atom. The number of nitrogens with zero attached hydrogens (tertiary/aromatic N) is 1. The van der Waals surface area contributed by atoms with Crippen LogP contribution in [0.4, 0.5) is 0 Å². The lowest BCUT2D eigenvalue weighted by atomic mass is 9.97. The van der Waals surface area contributed by atoms with Crippen molar-refractivity contribution < 1.29 is 4.79 Å². The van der Waals surface area contributed by atoms with E-state index in [1.54, 1.807) is 0 Å². The topological polar surface area (TPSA) is 64.9 Å². The number of hydrogen-bond donors (Lipinski definition) is 2. The fraction of sp³-hybridized carbons (Fsp3) is 0.364. The van der Waals surface area contributed by atoms with Gasteiger partial charge in [0.25, 0.3) is 0 Å². The fourth-order valence-corrected chi connectivity index (χ4v) is 3.24. The number of amides is 1. The van der Waals surface area contributed by atoms with E-state index in [-0.39, 0.29) is 24.4 Å². The molecule has 0 bridgehead atoms. The number of rotatable bonds is 7. The third kappa shape index (κ3) is 4.30. The molecule has 0 spiro atoms. The Kier molecular flexibility index (Phi) is 5.39. The zero-order valence-corrected chi connectivity index (χ0v) is 15.3. The molecular weight excluding hydrogens is 322 g/mol. The monoisotopic (exact) mass is 347 g/mol. The molecule has 0 unspecified atom stereocenters. The Labute approximate surface area is 155 Å². The van der Waals surface area contributed by atoms with Gasteiger partial charge in [-0.05, 0) is 43.7 Å². The van der Waals surface area contributed by atoms with E-state index in [2.05, 4.69) is 60.0 Å². The molecule has 0 aromatic heterocycles. The molecule has 0 heterocycles. The number of hydrogen-bond acceptors (Lipinski definition) is 3. The van der Waals surface area contributed by atoms with Crippen LogP contribution in [0.3, 0.4) is 0 Å². The molecule has 4 nitrogen and oxygen atoms in total. The second-order valence-electron chi connectivity index (χ2n) is 7.27. The van der Waals surface area contributed by atoms with E-state index in [1.165, 1.54) is 5.56 Å². The highest BCUT2D eigenvalue weighted by molar-refractivity contribution is 5.79. The van der Waals surface area contributed by atoms with Crippen molar-refractivity contribution in [2.45, 2.75) is 38.3 Å². The van der Waals surface area contributed by atoms with E-state index < -0.39 is 5.54 Å². The van der Waals surface area contributed by atoms with Gasteiger partial charge in [0.1, 0.15) is 5.54 Å². The minimum Gasteiger partial charge on any atom is -0.337 e. The summed E-state index contributed by atoms with van der Waals surface area (Å²) in [5.41, 5.74) is 2.66. The first-order chi connectivity index (χ1) is 12.5. The number of nitrogens with one attached hydrogen (secondary N) is 2. The Morgan fingerprint density at radius 3 is 2.35 bits per heavy atom. The first kappa shape index (κ1) is 18.2. The van der Waals surface area contributed by atoms with Crippen molar-refractivity contribution in [3.63, 3.8) is 0 Å². The highest BCUT2D eigenvalue weighted by Crippen LogP contribution is 2.39. The molecular formula is C22H25N3O. The lowest BCUT2D eigenvalue weighted by Gasteiger charge is -2.25. The molecule has 1 saturated carbocycles. The standard InChI is InChI=1S/C22H25N3O/c1-16-8-10-18(11-9-16)21(17-6-4-3-5-7-17)24-14-20(26)25-22(2,15-23)19-12-13-19/h3-11,19,21,24H,12-14H2,1-2H3,(H,25,26)/t21-,22+/m0/s1. The molecule has 4 heteroatoms. The maximum Gasteiger partial charge on any atom is 0.235 e. The van der Waals surface area contributed by atoms with Crippen molar-refractivity contribution in [1.82, 2.24) is 10.6 Å². The van der Waals surface area contributed by atoms with Gasteiger partial charge in [-0.15, -0.1) is 0 Å². The lowest BCUT2D eigenvalue weighted by molar-refractivity contribution is -0.121.